The van der Waals surface area contributed by atoms with Gasteiger partial charge >= 0.3 is 25.0 Å². The number of ether oxygens (including phenoxy) is 3. The van der Waals surface area contributed by atoms with Crippen LogP contribution >= 0.6 is 7.60 Å². The van der Waals surface area contributed by atoms with Gasteiger partial charge in [-0.05, 0) is 0 Å². The topological polar surface area (TPSA) is 163 Å². The average molecular weight is 376 g/mol. The van der Waals surface area contributed by atoms with Crippen LogP contribution < -0.4 is 11.2 Å². The first-order valence-electron chi connectivity index (χ1n) is 7.02. The van der Waals surface area contributed by atoms with Crippen molar-refractivity contribution >= 4 is 19.3 Å². The Bertz CT molecular complexity index is 875. The minimum Gasteiger partial charge on any atom is -0.463 e. The second-order valence-electron chi connectivity index (χ2n) is 5.32. The largest absolute Gasteiger partial charge is 0.463 e. The Morgan fingerprint density at radius 3 is 2.76 bits per heavy atom. The molecule has 136 valence electrons. The Hall–Kier alpha value is -2.27. The Balaban J connectivity index is 1.95. The highest BCUT2D eigenvalue weighted by Gasteiger charge is 2.58. The molecule has 1 aromatic rings. The summed E-state index contributed by atoms with van der Waals surface area (Å²) in [7, 11) is -4.70. The molecule has 13 heteroatoms. The van der Waals surface area contributed by atoms with Crippen LogP contribution in [0.25, 0.3) is 0 Å². The Kier molecular flexibility index (Phi) is 4.37. The summed E-state index contributed by atoms with van der Waals surface area (Å²) < 4.78 is 32.8. The maximum Gasteiger partial charge on any atom is 0.436 e. The third-order valence-electron chi connectivity index (χ3n) is 3.59. The zero-order valence-electron chi connectivity index (χ0n) is 12.7. The molecule has 2 aliphatic heterocycles. The van der Waals surface area contributed by atoms with Crippen molar-refractivity contribution in [3.8, 4) is 0 Å². The molecule has 0 saturated carbocycles. The fraction of sp³-hybridized carbons (Fsp3) is 0.500. The zero-order chi connectivity index (χ0) is 18.4. The quantitative estimate of drug-likeness (QED) is 0.498. The lowest BCUT2D eigenvalue weighted by Crippen LogP contribution is -2.44. The summed E-state index contributed by atoms with van der Waals surface area (Å²) in [6.07, 6.45) is -3.73. The van der Waals surface area contributed by atoms with E-state index < -0.39 is 55.1 Å². The molecule has 1 aromatic heterocycles. The number of aromatic amines is 1. The Morgan fingerprint density at radius 1 is 1.40 bits per heavy atom. The monoisotopic (exact) mass is 376 g/mol. The molecule has 2 aliphatic rings. The zero-order valence-corrected chi connectivity index (χ0v) is 13.6. The van der Waals surface area contributed by atoms with Gasteiger partial charge in [0.25, 0.3) is 5.56 Å². The molecule has 2 fully saturated rings. The van der Waals surface area contributed by atoms with Crippen LogP contribution in [0.15, 0.2) is 21.9 Å². The average Bonchev–Trinajstić information content (AvgIpc) is 2.83. The molecule has 0 spiro atoms. The number of nitrogens with zero attached hydrogens (tertiary/aromatic N) is 1. The van der Waals surface area contributed by atoms with Crippen LogP contribution in [0.1, 0.15) is 13.2 Å². The summed E-state index contributed by atoms with van der Waals surface area (Å²) in [6, 6.07) is 1.04. The van der Waals surface area contributed by atoms with Crippen molar-refractivity contribution in [2.75, 3.05) is 6.61 Å². The minimum atomic E-state index is -4.70. The van der Waals surface area contributed by atoms with Crippen molar-refractivity contribution in [1.29, 1.82) is 0 Å². The highest BCUT2D eigenvalue weighted by molar-refractivity contribution is 7.70. The second kappa shape index (κ2) is 6.23. The number of H-pyrrole nitrogens is 1. The van der Waals surface area contributed by atoms with Gasteiger partial charge in [-0.2, -0.15) is 0 Å². The molecular weight excluding hydrogens is 363 g/mol. The van der Waals surface area contributed by atoms with Crippen LogP contribution in [0.2, 0.25) is 0 Å². The van der Waals surface area contributed by atoms with Crippen molar-refractivity contribution in [3.05, 3.63) is 33.1 Å². The van der Waals surface area contributed by atoms with E-state index >= 15 is 0 Å². The Labute approximate surface area is 138 Å². The molecule has 0 bridgehead atoms. The number of rotatable bonds is 3. The van der Waals surface area contributed by atoms with E-state index in [-0.39, 0.29) is 6.61 Å². The van der Waals surface area contributed by atoms with E-state index in [0.717, 1.165) is 23.8 Å². The van der Waals surface area contributed by atoms with Crippen LogP contribution in [0.5, 0.6) is 0 Å². The fourth-order valence-electron chi connectivity index (χ4n) is 2.54. The van der Waals surface area contributed by atoms with Crippen LogP contribution in [0.4, 0.5) is 4.79 Å². The van der Waals surface area contributed by atoms with Gasteiger partial charge in [0.1, 0.15) is 18.8 Å². The fourth-order valence-corrected chi connectivity index (χ4v) is 3.46. The van der Waals surface area contributed by atoms with E-state index in [2.05, 4.69) is 0 Å². The van der Waals surface area contributed by atoms with E-state index in [9.17, 15) is 28.6 Å². The molecule has 3 heterocycles. The highest BCUT2D eigenvalue weighted by Crippen LogP contribution is 2.54. The van der Waals surface area contributed by atoms with E-state index in [1.165, 1.54) is 0 Å². The molecule has 0 aliphatic carbocycles. The van der Waals surface area contributed by atoms with E-state index in [0.29, 0.717) is 0 Å². The molecule has 3 rings (SSSR count). The van der Waals surface area contributed by atoms with Crippen LogP contribution in [0, 0.1) is 0 Å². The van der Waals surface area contributed by atoms with Gasteiger partial charge in [-0.25, -0.2) is 14.2 Å². The summed E-state index contributed by atoms with van der Waals surface area (Å²) in [4.78, 5) is 57.2. The summed E-state index contributed by atoms with van der Waals surface area (Å²) in [6.45, 7) is 0.789. The summed E-state index contributed by atoms with van der Waals surface area (Å²) in [5.41, 5.74) is -2.99. The number of hydrogen-bond donors (Lipinski definition) is 2. The van der Waals surface area contributed by atoms with Crippen LogP contribution in [0.3, 0.4) is 0 Å². The molecule has 0 aromatic carbocycles. The number of carbonyl (C=O) groups excluding carboxylic acids is 2. The number of carbonyl (C=O) groups is 2. The molecule has 0 radical (unpaired) electrons. The van der Waals surface area contributed by atoms with Crippen LogP contribution in [-0.4, -0.2) is 51.0 Å². The molecular formula is C12H13N2O10P. The highest BCUT2D eigenvalue weighted by atomic mass is 31.2. The van der Waals surface area contributed by atoms with Gasteiger partial charge in [0, 0.05) is 19.2 Å². The normalized spacial score (nSPS) is 34.2. The maximum atomic E-state index is 11.9. The summed E-state index contributed by atoms with van der Waals surface area (Å²) in [5, 5.41) is 0. The molecule has 1 unspecified atom stereocenters. The second-order valence-corrected chi connectivity index (χ2v) is 6.94. The third-order valence-corrected chi connectivity index (χ3v) is 4.69. The summed E-state index contributed by atoms with van der Waals surface area (Å²) >= 11 is 0. The maximum absolute atomic E-state index is 11.9. The number of hydrogen-bond acceptors (Lipinski definition) is 9. The molecule has 25 heavy (non-hydrogen) atoms. The van der Waals surface area contributed by atoms with Gasteiger partial charge in [0.2, 0.25) is 0 Å². The van der Waals surface area contributed by atoms with Gasteiger partial charge in [-0.15, -0.1) is 0 Å². The van der Waals surface area contributed by atoms with E-state index in [1.54, 1.807) is 0 Å². The summed E-state index contributed by atoms with van der Waals surface area (Å²) in [5.74, 6) is -0.634. The van der Waals surface area contributed by atoms with Gasteiger partial charge in [-0.3, -0.25) is 23.7 Å². The first-order valence-corrected chi connectivity index (χ1v) is 8.59. The lowest BCUT2D eigenvalue weighted by atomic mass is 10.1. The minimum absolute atomic E-state index is 0.358. The van der Waals surface area contributed by atoms with Crippen molar-refractivity contribution < 1.29 is 37.8 Å². The lowest BCUT2D eigenvalue weighted by Gasteiger charge is -2.30. The van der Waals surface area contributed by atoms with Crippen molar-refractivity contribution in [2.24, 2.45) is 0 Å². The van der Waals surface area contributed by atoms with Gasteiger partial charge < -0.3 is 19.1 Å². The van der Waals surface area contributed by atoms with Crippen molar-refractivity contribution in [1.82, 2.24) is 9.55 Å². The third kappa shape index (κ3) is 3.29. The van der Waals surface area contributed by atoms with Crippen molar-refractivity contribution in [3.63, 3.8) is 0 Å². The smallest absolute Gasteiger partial charge is 0.436 e. The predicted octanol–water partition coefficient (Wildman–Crippen LogP) is -0.914. The molecule has 2 N–H and O–H groups in total. The van der Waals surface area contributed by atoms with Crippen LogP contribution in [-0.2, 0) is 28.1 Å². The van der Waals surface area contributed by atoms with Crippen molar-refractivity contribution in [2.45, 2.75) is 31.5 Å². The lowest BCUT2D eigenvalue weighted by molar-refractivity contribution is -0.147. The first kappa shape index (κ1) is 17.5. The van der Waals surface area contributed by atoms with Gasteiger partial charge in [-0.1, -0.05) is 0 Å². The number of aromatic nitrogens is 2. The Morgan fingerprint density at radius 2 is 2.12 bits per heavy atom. The number of nitrogens with one attached hydrogen (secondary N) is 1. The first-order chi connectivity index (χ1) is 11.7. The van der Waals surface area contributed by atoms with E-state index in [1.807, 2.05) is 4.98 Å². The SMILES string of the molecule is CC(=O)OC[C@H]1O[C@@H](n2ccc(=O)[nH]c2=O)[C@@H]2OC(=O)P(=O)(O)O[C@@H]21. The molecule has 5 atom stereocenters. The predicted molar refractivity (Wildman–Crippen MR) is 76.8 cm³/mol. The number of esters is 1. The number of fused-ring (bicyclic) bond motifs is 1. The van der Waals surface area contributed by atoms with Gasteiger partial charge in [0.15, 0.2) is 12.3 Å². The molecule has 0 amide bonds. The molecule has 12 nitrogen and oxygen atoms in total. The van der Waals surface area contributed by atoms with E-state index in [4.69, 9.17) is 18.7 Å². The molecule has 2 saturated heterocycles. The van der Waals surface area contributed by atoms with Gasteiger partial charge in [0.05, 0.1) is 0 Å². The standard InChI is InChI=1S/C12H13N2O10P/c1-5(15)21-4-6-8-9(23-12(18)25(19,20)24-8)10(22-6)14-3-2-7(16)13-11(14)17/h2-3,6,8-10H,4H2,1H3,(H,19,20)(H,13,16,17)/t6-,8-,9-,10-/m1/s1.